The monoisotopic (exact) mass is 501 g/mol. The van der Waals surface area contributed by atoms with E-state index < -0.39 is 0 Å². The zero-order chi connectivity index (χ0) is 25.0. The average molecular weight is 502 g/mol. The van der Waals surface area contributed by atoms with Crippen molar-refractivity contribution in [2.45, 2.75) is 38.8 Å². The van der Waals surface area contributed by atoms with Gasteiger partial charge in [-0.3, -0.25) is 15.0 Å². The Balaban J connectivity index is 1.46. The Hall–Kier alpha value is -3.62. The number of piperidine rings is 1. The van der Waals surface area contributed by atoms with Gasteiger partial charge in [0.25, 0.3) is 0 Å². The third-order valence-corrected chi connectivity index (χ3v) is 8.04. The second kappa shape index (κ2) is 8.80. The lowest BCUT2D eigenvalue weighted by molar-refractivity contribution is -0.127. The van der Waals surface area contributed by atoms with Gasteiger partial charge in [0, 0.05) is 46.7 Å². The number of hydrazine groups is 1. The molecular weight excluding hydrogens is 474 g/mol. The predicted octanol–water partition coefficient (Wildman–Crippen LogP) is 4.87. The molecule has 184 valence electrons. The Labute approximate surface area is 214 Å². The van der Waals surface area contributed by atoms with E-state index >= 15 is 0 Å². The van der Waals surface area contributed by atoms with Gasteiger partial charge in [-0.2, -0.15) is 10.2 Å². The van der Waals surface area contributed by atoms with Crippen molar-refractivity contribution in [1.82, 2.24) is 35.7 Å². The van der Waals surface area contributed by atoms with Crippen LogP contribution in [-0.2, 0) is 4.79 Å². The number of aryl methyl sites for hydroxylation is 1. The molecule has 36 heavy (non-hydrogen) atoms. The first-order valence-corrected chi connectivity index (χ1v) is 12.6. The quantitative estimate of drug-likeness (QED) is 0.347. The Bertz CT molecular complexity index is 1530. The molecule has 3 N–H and O–H groups in total. The second-order valence-electron chi connectivity index (χ2n) is 9.62. The van der Waals surface area contributed by atoms with Crippen LogP contribution in [0.2, 0.25) is 5.02 Å². The minimum atomic E-state index is -0.102. The maximum absolute atomic E-state index is 12.1. The number of carbonyl (C=O) groups is 1. The molecule has 2 aliphatic heterocycles. The molecule has 0 bridgehead atoms. The van der Waals surface area contributed by atoms with Crippen molar-refractivity contribution < 1.29 is 4.79 Å². The van der Waals surface area contributed by atoms with Crippen LogP contribution in [-0.4, -0.2) is 55.3 Å². The van der Waals surface area contributed by atoms with E-state index in [2.05, 4.69) is 62.5 Å². The van der Waals surface area contributed by atoms with Crippen molar-refractivity contribution in [3.63, 3.8) is 0 Å². The van der Waals surface area contributed by atoms with E-state index in [9.17, 15) is 4.79 Å². The third-order valence-electron chi connectivity index (χ3n) is 7.56. The van der Waals surface area contributed by atoms with Gasteiger partial charge < -0.3 is 9.91 Å². The van der Waals surface area contributed by atoms with Crippen LogP contribution in [0.3, 0.4) is 0 Å². The molecule has 0 saturated carbocycles. The number of H-pyrrole nitrogens is 2. The fraction of sp³-hybridized carbons (Fsp3) is 0.296. The summed E-state index contributed by atoms with van der Waals surface area (Å²) >= 11 is 7.02. The molecule has 0 radical (unpaired) electrons. The number of nitrogens with one attached hydrogen (secondary N) is 3. The SMILES string of the molecule is C=CC(=O)N1CCC(N2N[C@@H](c3ccc4[nH]ncc4c3)C(c3c(Cl)c(C)cc4[nH]ncc34)=C2C)CC1. The highest BCUT2D eigenvalue weighted by atomic mass is 35.5. The largest absolute Gasteiger partial charge is 0.339 e. The molecule has 0 aliphatic carbocycles. The lowest BCUT2D eigenvalue weighted by atomic mass is 9.89. The van der Waals surface area contributed by atoms with Crippen LogP contribution in [0.25, 0.3) is 27.4 Å². The van der Waals surface area contributed by atoms with Crippen molar-refractivity contribution in [3.05, 3.63) is 76.7 Å². The summed E-state index contributed by atoms with van der Waals surface area (Å²) in [6, 6.07) is 8.57. The summed E-state index contributed by atoms with van der Waals surface area (Å²) in [6.07, 6.45) is 6.84. The molecule has 1 saturated heterocycles. The van der Waals surface area contributed by atoms with Crippen molar-refractivity contribution in [3.8, 4) is 0 Å². The summed E-state index contributed by atoms with van der Waals surface area (Å²) in [6.45, 7) is 9.24. The van der Waals surface area contributed by atoms with Crippen LogP contribution in [0.4, 0.5) is 0 Å². The van der Waals surface area contributed by atoms with Gasteiger partial charge in [-0.1, -0.05) is 24.2 Å². The summed E-state index contributed by atoms with van der Waals surface area (Å²) in [7, 11) is 0. The number of nitrogens with zero attached hydrogens (tertiary/aromatic N) is 4. The van der Waals surface area contributed by atoms with Crippen LogP contribution in [0.1, 0.15) is 42.5 Å². The van der Waals surface area contributed by atoms with Crippen LogP contribution >= 0.6 is 11.6 Å². The zero-order valence-electron chi connectivity index (χ0n) is 20.3. The summed E-state index contributed by atoms with van der Waals surface area (Å²) in [5.74, 6) is -0.00373. The number of hydrogen-bond donors (Lipinski definition) is 3. The van der Waals surface area contributed by atoms with E-state index in [-0.39, 0.29) is 18.0 Å². The first-order chi connectivity index (χ1) is 17.5. The van der Waals surface area contributed by atoms with Crippen molar-refractivity contribution in [2.75, 3.05) is 13.1 Å². The number of aromatic nitrogens is 4. The number of carbonyl (C=O) groups excluding carboxylic acids is 1. The third kappa shape index (κ3) is 3.60. The van der Waals surface area contributed by atoms with Gasteiger partial charge >= 0.3 is 0 Å². The first kappa shape index (κ1) is 22.8. The van der Waals surface area contributed by atoms with Gasteiger partial charge in [-0.05, 0) is 62.1 Å². The number of allylic oxidation sites excluding steroid dienone is 1. The molecule has 1 fully saturated rings. The molecule has 1 amide bonds. The number of halogens is 1. The molecule has 4 aromatic rings. The summed E-state index contributed by atoms with van der Waals surface area (Å²) in [4.78, 5) is 14.0. The van der Waals surface area contributed by atoms with Crippen molar-refractivity contribution in [1.29, 1.82) is 0 Å². The number of aromatic amines is 2. The van der Waals surface area contributed by atoms with Crippen LogP contribution in [0, 0.1) is 6.92 Å². The van der Waals surface area contributed by atoms with E-state index in [0.717, 1.165) is 67.6 Å². The number of likely N-dealkylation sites (tertiary alicyclic amines) is 1. The Morgan fingerprint density at radius 2 is 1.86 bits per heavy atom. The Kier molecular flexibility index (Phi) is 5.58. The molecule has 8 nitrogen and oxygen atoms in total. The second-order valence-corrected chi connectivity index (χ2v) is 10.0. The highest BCUT2D eigenvalue weighted by molar-refractivity contribution is 6.34. The van der Waals surface area contributed by atoms with E-state index in [4.69, 9.17) is 11.6 Å². The summed E-state index contributed by atoms with van der Waals surface area (Å²) in [5, 5.41) is 19.8. The van der Waals surface area contributed by atoms with Gasteiger partial charge in [0.2, 0.25) is 5.91 Å². The lowest BCUT2D eigenvalue weighted by Gasteiger charge is -2.38. The van der Waals surface area contributed by atoms with E-state index in [1.54, 1.807) is 0 Å². The summed E-state index contributed by atoms with van der Waals surface area (Å²) in [5.41, 5.74) is 11.2. The first-order valence-electron chi connectivity index (χ1n) is 12.2. The molecule has 1 atom stereocenters. The van der Waals surface area contributed by atoms with E-state index in [1.807, 2.05) is 30.3 Å². The van der Waals surface area contributed by atoms with Gasteiger partial charge in [0.1, 0.15) is 0 Å². The topological polar surface area (TPSA) is 92.9 Å². The highest BCUT2D eigenvalue weighted by Gasteiger charge is 2.38. The Morgan fingerprint density at radius 3 is 2.64 bits per heavy atom. The molecule has 9 heteroatoms. The van der Waals surface area contributed by atoms with Crippen molar-refractivity contribution >= 4 is 44.9 Å². The molecule has 4 heterocycles. The Morgan fingerprint density at radius 1 is 1.11 bits per heavy atom. The zero-order valence-corrected chi connectivity index (χ0v) is 21.1. The smallest absolute Gasteiger partial charge is 0.245 e. The molecule has 2 aromatic heterocycles. The fourth-order valence-electron chi connectivity index (χ4n) is 5.66. The van der Waals surface area contributed by atoms with Gasteiger partial charge in [-0.25, -0.2) is 5.43 Å². The van der Waals surface area contributed by atoms with E-state index in [0.29, 0.717) is 13.1 Å². The van der Waals surface area contributed by atoms with E-state index in [1.165, 1.54) is 6.08 Å². The van der Waals surface area contributed by atoms with Crippen LogP contribution < -0.4 is 5.43 Å². The minimum Gasteiger partial charge on any atom is -0.339 e. The fourth-order valence-corrected chi connectivity index (χ4v) is 5.92. The van der Waals surface area contributed by atoms with Gasteiger partial charge in [0.05, 0.1) is 34.5 Å². The maximum Gasteiger partial charge on any atom is 0.245 e. The predicted molar refractivity (Wildman–Crippen MR) is 142 cm³/mol. The number of amides is 1. The molecule has 6 rings (SSSR count). The minimum absolute atomic E-state index is 0.00373. The highest BCUT2D eigenvalue weighted by Crippen LogP contribution is 2.46. The standard InChI is InChI=1S/C27H28ClN7O/c1-4-23(36)34-9-7-19(8-10-34)35-16(3)24(25-20-14-30-32-22(20)11-15(2)26(25)28)27(33-35)17-5-6-21-18(12-17)13-29-31-21/h4-6,11-14,19,27,33H,1,7-10H2,2-3H3,(H,29,31)(H,30,32)/t27-/m0/s1. The molecular formula is C27H28ClN7O. The molecule has 2 aromatic carbocycles. The average Bonchev–Trinajstić information content (AvgIpc) is 3.63. The summed E-state index contributed by atoms with van der Waals surface area (Å²) < 4.78 is 0. The number of rotatable bonds is 4. The van der Waals surface area contributed by atoms with Crippen molar-refractivity contribution in [2.24, 2.45) is 0 Å². The number of benzene rings is 2. The number of fused-ring (bicyclic) bond motifs is 2. The normalized spacial score (nSPS) is 19.1. The lowest BCUT2D eigenvalue weighted by Crippen LogP contribution is -2.49. The maximum atomic E-state index is 12.1. The number of hydrogen-bond acceptors (Lipinski definition) is 5. The van der Waals surface area contributed by atoms with Gasteiger partial charge in [-0.15, -0.1) is 0 Å². The molecule has 0 unspecified atom stereocenters. The van der Waals surface area contributed by atoms with Crippen LogP contribution in [0.15, 0.2) is 55.0 Å². The van der Waals surface area contributed by atoms with Crippen LogP contribution in [0.5, 0.6) is 0 Å². The van der Waals surface area contributed by atoms with Gasteiger partial charge in [0.15, 0.2) is 0 Å². The molecule has 0 spiro atoms. The molecule has 2 aliphatic rings.